The molecule has 24 heavy (non-hydrogen) atoms. The van der Waals surface area contributed by atoms with Crippen molar-refractivity contribution in [1.29, 1.82) is 0 Å². The molecule has 0 radical (unpaired) electrons. The SMILES string of the molecule is COc1ccc(Nc2cc(C)nc(N)n2)cc1OC[C@@H]1CCCO1. The summed E-state index contributed by atoms with van der Waals surface area (Å²) in [5, 5.41) is 3.21. The van der Waals surface area contributed by atoms with E-state index in [9.17, 15) is 0 Å². The van der Waals surface area contributed by atoms with E-state index >= 15 is 0 Å². The van der Waals surface area contributed by atoms with E-state index in [0.717, 1.165) is 30.8 Å². The van der Waals surface area contributed by atoms with E-state index < -0.39 is 0 Å². The van der Waals surface area contributed by atoms with Crippen molar-refractivity contribution in [2.24, 2.45) is 0 Å². The summed E-state index contributed by atoms with van der Waals surface area (Å²) in [5.41, 5.74) is 7.31. The first kappa shape index (κ1) is 16.3. The zero-order valence-corrected chi connectivity index (χ0v) is 13.9. The van der Waals surface area contributed by atoms with Gasteiger partial charge in [-0.1, -0.05) is 0 Å². The van der Waals surface area contributed by atoms with E-state index in [4.69, 9.17) is 19.9 Å². The standard InChI is InChI=1S/C17H22N4O3/c1-11-8-16(21-17(18)19-11)20-12-5-6-14(22-2)15(9-12)24-10-13-4-3-7-23-13/h5-6,8-9,13H,3-4,7,10H2,1-2H3,(H3,18,19,20,21)/t13-/m0/s1. The maximum absolute atomic E-state index is 5.89. The molecule has 2 aromatic rings. The molecular formula is C17H22N4O3. The van der Waals surface area contributed by atoms with Crippen molar-refractivity contribution in [3.05, 3.63) is 30.0 Å². The third kappa shape index (κ3) is 4.05. The lowest BCUT2D eigenvalue weighted by molar-refractivity contribution is 0.0670. The van der Waals surface area contributed by atoms with Gasteiger partial charge in [0, 0.05) is 30.1 Å². The van der Waals surface area contributed by atoms with E-state index in [-0.39, 0.29) is 12.1 Å². The highest BCUT2D eigenvalue weighted by Crippen LogP contribution is 2.32. The molecule has 0 saturated carbocycles. The van der Waals surface area contributed by atoms with Crippen molar-refractivity contribution >= 4 is 17.5 Å². The number of methoxy groups -OCH3 is 1. The summed E-state index contributed by atoms with van der Waals surface area (Å²) in [6.45, 7) is 3.19. The summed E-state index contributed by atoms with van der Waals surface area (Å²) in [6.07, 6.45) is 2.26. The Kier molecular flexibility index (Phi) is 5.00. The van der Waals surface area contributed by atoms with Gasteiger partial charge in [0.05, 0.1) is 13.2 Å². The molecule has 1 aromatic heterocycles. The second-order valence-corrected chi connectivity index (χ2v) is 5.69. The van der Waals surface area contributed by atoms with Crippen molar-refractivity contribution in [3.63, 3.8) is 0 Å². The molecule has 3 rings (SSSR count). The predicted molar refractivity (Wildman–Crippen MR) is 91.9 cm³/mol. The molecule has 2 heterocycles. The fourth-order valence-electron chi connectivity index (χ4n) is 2.63. The molecule has 0 amide bonds. The van der Waals surface area contributed by atoms with Crippen LogP contribution in [-0.4, -0.2) is 36.4 Å². The average Bonchev–Trinajstić information content (AvgIpc) is 3.05. The van der Waals surface area contributed by atoms with Crippen LogP contribution in [0.5, 0.6) is 11.5 Å². The first-order valence-corrected chi connectivity index (χ1v) is 7.94. The molecule has 0 bridgehead atoms. The third-order valence-corrected chi connectivity index (χ3v) is 3.76. The molecule has 0 spiro atoms. The number of benzene rings is 1. The molecule has 1 aliphatic heterocycles. The maximum atomic E-state index is 5.89. The number of nitrogens with two attached hydrogens (primary N) is 1. The van der Waals surface area contributed by atoms with Gasteiger partial charge >= 0.3 is 0 Å². The van der Waals surface area contributed by atoms with Crippen molar-refractivity contribution in [2.75, 3.05) is 31.4 Å². The fraction of sp³-hybridized carbons (Fsp3) is 0.412. The summed E-state index contributed by atoms with van der Waals surface area (Å²) >= 11 is 0. The predicted octanol–water partition coefficient (Wildman–Crippen LogP) is 2.68. The van der Waals surface area contributed by atoms with Crippen LogP contribution in [0, 0.1) is 6.92 Å². The Labute approximate surface area is 141 Å². The number of ether oxygens (including phenoxy) is 3. The quantitative estimate of drug-likeness (QED) is 0.841. The molecule has 0 aliphatic carbocycles. The van der Waals surface area contributed by atoms with Crippen LogP contribution in [0.1, 0.15) is 18.5 Å². The summed E-state index contributed by atoms with van der Waals surface area (Å²) in [5.74, 6) is 2.21. The molecule has 1 fully saturated rings. The Morgan fingerprint density at radius 3 is 2.88 bits per heavy atom. The number of anilines is 3. The zero-order valence-electron chi connectivity index (χ0n) is 13.9. The van der Waals surface area contributed by atoms with Gasteiger partial charge in [-0.05, 0) is 31.9 Å². The minimum absolute atomic E-state index is 0.149. The van der Waals surface area contributed by atoms with Gasteiger partial charge in [-0.3, -0.25) is 0 Å². The lowest BCUT2D eigenvalue weighted by Crippen LogP contribution is -2.16. The summed E-state index contributed by atoms with van der Waals surface area (Å²) in [6, 6.07) is 7.45. The average molecular weight is 330 g/mol. The van der Waals surface area contributed by atoms with Gasteiger partial charge in [0.15, 0.2) is 11.5 Å². The minimum atomic E-state index is 0.149. The van der Waals surface area contributed by atoms with Crippen LogP contribution < -0.4 is 20.5 Å². The van der Waals surface area contributed by atoms with E-state index in [1.54, 1.807) is 7.11 Å². The highest BCUT2D eigenvalue weighted by atomic mass is 16.5. The van der Waals surface area contributed by atoms with E-state index in [0.29, 0.717) is 23.9 Å². The second kappa shape index (κ2) is 7.35. The minimum Gasteiger partial charge on any atom is -0.493 e. The number of nitrogens with one attached hydrogen (secondary N) is 1. The normalized spacial score (nSPS) is 16.8. The number of hydrogen-bond donors (Lipinski definition) is 2. The lowest BCUT2D eigenvalue weighted by Gasteiger charge is -2.15. The number of aromatic nitrogens is 2. The first-order chi connectivity index (χ1) is 11.6. The van der Waals surface area contributed by atoms with Gasteiger partial charge in [0.25, 0.3) is 0 Å². The van der Waals surface area contributed by atoms with Gasteiger partial charge in [0.2, 0.25) is 5.95 Å². The molecule has 128 valence electrons. The molecule has 1 aliphatic rings. The van der Waals surface area contributed by atoms with Crippen LogP contribution in [-0.2, 0) is 4.74 Å². The second-order valence-electron chi connectivity index (χ2n) is 5.69. The topological polar surface area (TPSA) is 91.5 Å². The summed E-state index contributed by atoms with van der Waals surface area (Å²) in [7, 11) is 1.62. The Balaban J connectivity index is 1.74. The molecule has 1 saturated heterocycles. The van der Waals surface area contributed by atoms with Crippen molar-refractivity contribution < 1.29 is 14.2 Å². The summed E-state index contributed by atoms with van der Waals surface area (Å²) < 4.78 is 16.8. The van der Waals surface area contributed by atoms with Crippen LogP contribution in [0.3, 0.4) is 0 Å². The Hall–Kier alpha value is -2.54. The summed E-state index contributed by atoms with van der Waals surface area (Å²) in [4.78, 5) is 8.24. The van der Waals surface area contributed by atoms with Gasteiger partial charge in [-0.15, -0.1) is 0 Å². The molecule has 0 unspecified atom stereocenters. The monoisotopic (exact) mass is 330 g/mol. The number of nitrogen functional groups attached to an aromatic ring is 1. The van der Waals surface area contributed by atoms with Crippen molar-refractivity contribution in [2.45, 2.75) is 25.9 Å². The van der Waals surface area contributed by atoms with Crippen LogP contribution >= 0.6 is 0 Å². The zero-order chi connectivity index (χ0) is 16.9. The highest BCUT2D eigenvalue weighted by molar-refractivity contribution is 5.62. The largest absolute Gasteiger partial charge is 0.493 e. The van der Waals surface area contributed by atoms with Crippen LogP contribution in [0.25, 0.3) is 0 Å². The van der Waals surface area contributed by atoms with Gasteiger partial charge in [-0.2, -0.15) is 4.98 Å². The number of nitrogens with zero attached hydrogens (tertiary/aromatic N) is 2. The Bertz CT molecular complexity index is 682. The van der Waals surface area contributed by atoms with Crippen molar-refractivity contribution in [1.82, 2.24) is 9.97 Å². The van der Waals surface area contributed by atoms with Gasteiger partial charge < -0.3 is 25.3 Å². The maximum Gasteiger partial charge on any atom is 0.222 e. The number of aryl methyl sites for hydroxylation is 1. The first-order valence-electron chi connectivity index (χ1n) is 7.94. The number of hydrogen-bond acceptors (Lipinski definition) is 7. The Morgan fingerprint density at radius 1 is 1.29 bits per heavy atom. The molecule has 1 atom stereocenters. The van der Waals surface area contributed by atoms with Crippen LogP contribution in [0.4, 0.5) is 17.5 Å². The Morgan fingerprint density at radius 2 is 2.17 bits per heavy atom. The highest BCUT2D eigenvalue weighted by Gasteiger charge is 2.17. The molecule has 1 aromatic carbocycles. The fourth-order valence-corrected chi connectivity index (χ4v) is 2.63. The van der Waals surface area contributed by atoms with E-state index in [1.807, 2.05) is 31.2 Å². The molecule has 7 nitrogen and oxygen atoms in total. The molecule has 3 N–H and O–H groups in total. The third-order valence-electron chi connectivity index (χ3n) is 3.76. The van der Waals surface area contributed by atoms with E-state index in [1.165, 1.54) is 0 Å². The number of rotatable bonds is 6. The molecular weight excluding hydrogens is 308 g/mol. The van der Waals surface area contributed by atoms with Gasteiger partial charge in [-0.25, -0.2) is 4.98 Å². The van der Waals surface area contributed by atoms with Gasteiger partial charge in [0.1, 0.15) is 12.4 Å². The van der Waals surface area contributed by atoms with Crippen molar-refractivity contribution in [3.8, 4) is 11.5 Å². The van der Waals surface area contributed by atoms with E-state index in [2.05, 4.69) is 15.3 Å². The lowest BCUT2D eigenvalue weighted by atomic mass is 10.2. The molecule has 7 heteroatoms. The smallest absolute Gasteiger partial charge is 0.222 e. The van der Waals surface area contributed by atoms with Crippen LogP contribution in [0.2, 0.25) is 0 Å². The van der Waals surface area contributed by atoms with Crippen LogP contribution in [0.15, 0.2) is 24.3 Å².